The van der Waals surface area contributed by atoms with Crippen molar-refractivity contribution in [3.8, 4) is 0 Å². The predicted octanol–water partition coefficient (Wildman–Crippen LogP) is 0.308. The van der Waals surface area contributed by atoms with Crippen LogP contribution < -0.4 is 5.32 Å². The fourth-order valence-electron chi connectivity index (χ4n) is 1.32. The number of hydrogen-bond acceptors (Lipinski definition) is 4. The molecule has 0 aliphatic rings. The van der Waals surface area contributed by atoms with Gasteiger partial charge in [-0.1, -0.05) is 0 Å². The Morgan fingerprint density at radius 3 is 2.37 bits per heavy atom. The summed E-state index contributed by atoms with van der Waals surface area (Å²) in [7, 11) is -2.74. The van der Waals surface area contributed by atoms with E-state index in [-0.39, 0.29) is 0 Å². The Hall–Kier alpha value is -1.83. The zero-order chi connectivity index (χ0) is 14.6. The van der Waals surface area contributed by atoms with Gasteiger partial charge in [0.2, 0.25) is 5.91 Å². The standard InChI is InChI=1S/C11H11F2NO4S/c1-14-11(16)6-19(17,18)5-10(15)8-3-2-7(12)4-9(8)13/h2-4H,5-6H2,1H3,(H,14,16). The smallest absolute Gasteiger partial charge is 0.234 e. The van der Waals surface area contributed by atoms with Crippen LogP contribution in [0.3, 0.4) is 0 Å². The molecule has 0 saturated heterocycles. The molecule has 0 heterocycles. The molecule has 0 unspecified atom stereocenters. The van der Waals surface area contributed by atoms with Gasteiger partial charge in [-0.2, -0.15) is 0 Å². The molecular weight excluding hydrogens is 280 g/mol. The van der Waals surface area contributed by atoms with Crippen LogP contribution in [0.25, 0.3) is 0 Å². The number of hydrogen-bond donors (Lipinski definition) is 1. The van der Waals surface area contributed by atoms with Gasteiger partial charge in [0.1, 0.15) is 23.1 Å². The van der Waals surface area contributed by atoms with Gasteiger partial charge in [-0.05, 0) is 12.1 Å². The van der Waals surface area contributed by atoms with Crippen LogP contribution in [0, 0.1) is 11.6 Å². The van der Waals surface area contributed by atoms with Crippen molar-refractivity contribution in [1.29, 1.82) is 0 Å². The summed E-state index contributed by atoms with van der Waals surface area (Å²) < 4.78 is 48.9. The topological polar surface area (TPSA) is 80.3 Å². The largest absolute Gasteiger partial charge is 0.358 e. The van der Waals surface area contributed by atoms with Gasteiger partial charge in [0.05, 0.1) is 5.56 Å². The van der Waals surface area contributed by atoms with Crippen LogP contribution >= 0.6 is 0 Å². The summed E-state index contributed by atoms with van der Waals surface area (Å²) in [4.78, 5) is 22.5. The summed E-state index contributed by atoms with van der Waals surface area (Å²) in [6.07, 6.45) is 0. The highest BCUT2D eigenvalue weighted by Gasteiger charge is 2.23. The maximum atomic E-state index is 13.3. The number of halogens is 2. The van der Waals surface area contributed by atoms with E-state index in [1.807, 2.05) is 0 Å². The van der Waals surface area contributed by atoms with Gasteiger partial charge in [-0.25, -0.2) is 17.2 Å². The first kappa shape index (κ1) is 15.2. The van der Waals surface area contributed by atoms with Crippen LogP contribution in [0.4, 0.5) is 8.78 Å². The third-order valence-corrected chi connectivity index (χ3v) is 3.62. The van der Waals surface area contributed by atoms with Gasteiger partial charge in [-0.3, -0.25) is 9.59 Å². The fourth-order valence-corrected chi connectivity index (χ4v) is 2.52. The van der Waals surface area contributed by atoms with E-state index in [9.17, 15) is 26.8 Å². The summed E-state index contributed by atoms with van der Waals surface area (Å²) >= 11 is 0. The lowest BCUT2D eigenvalue weighted by atomic mass is 10.1. The number of carbonyl (C=O) groups is 2. The highest BCUT2D eigenvalue weighted by molar-refractivity contribution is 7.92. The van der Waals surface area contributed by atoms with Gasteiger partial charge in [0.25, 0.3) is 0 Å². The van der Waals surface area contributed by atoms with E-state index in [0.29, 0.717) is 6.07 Å². The van der Waals surface area contributed by atoms with E-state index in [0.717, 1.165) is 12.1 Å². The number of benzene rings is 1. The molecule has 1 aromatic rings. The number of amides is 1. The molecular formula is C11H11F2NO4S. The molecule has 19 heavy (non-hydrogen) atoms. The van der Waals surface area contributed by atoms with Crippen LogP contribution in [0.15, 0.2) is 18.2 Å². The molecule has 5 nitrogen and oxygen atoms in total. The van der Waals surface area contributed by atoms with E-state index in [2.05, 4.69) is 5.32 Å². The Balaban J connectivity index is 2.88. The number of carbonyl (C=O) groups excluding carboxylic acids is 2. The van der Waals surface area contributed by atoms with Crippen molar-refractivity contribution in [3.63, 3.8) is 0 Å². The van der Waals surface area contributed by atoms with E-state index < -0.39 is 50.2 Å². The van der Waals surface area contributed by atoms with Crippen LogP contribution in [0.2, 0.25) is 0 Å². The van der Waals surface area contributed by atoms with Gasteiger partial charge in [0, 0.05) is 13.1 Å². The summed E-state index contributed by atoms with van der Waals surface area (Å²) in [6.45, 7) is 0. The Bertz CT molecular complexity index is 613. The van der Waals surface area contributed by atoms with Crippen LogP contribution in [0.1, 0.15) is 10.4 Å². The summed E-state index contributed by atoms with van der Waals surface area (Å²) in [6, 6.07) is 2.20. The molecule has 1 aromatic carbocycles. The van der Waals surface area contributed by atoms with Crippen molar-refractivity contribution >= 4 is 21.5 Å². The average Bonchev–Trinajstić information content (AvgIpc) is 2.26. The molecule has 104 valence electrons. The lowest BCUT2D eigenvalue weighted by molar-refractivity contribution is -0.118. The first-order chi connectivity index (χ1) is 8.75. The van der Waals surface area contributed by atoms with Gasteiger partial charge < -0.3 is 5.32 Å². The maximum Gasteiger partial charge on any atom is 0.234 e. The van der Waals surface area contributed by atoms with Crippen molar-refractivity contribution in [1.82, 2.24) is 5.32 Å². The monoisotopic (exact) mass is 291 g/mol. The summed E-state index contributed by atoms with van der Waals surface area (Å²) in [5.41, 5.74) is -0.526. The molecule has 1 amide bonds. The van der Waals surface area contributed by atoms with Crippen molar-refractivity contribution < 1.29 is 26.8 Å². The molecule has 0 fully saturated rings. The quantitative estimate of drug-likeness (QED) is 0.792. The molecule has 0 saturated carbocycles. The first-order valence-electron chi connectivity index (χ1n) is 5.14. The second kappa shape index (κ2) is 5.87. The maximum absolute atomic E-state index is 13.3. The zero-order valence-electron chi connectivity index (χ0n) is 9.94. The lowest BCUT2D eigenvalue weighted by Gasteiger charge is -2.04. The van der Waals surface area contributed by atoms with E-state index in [1.165, 1.54) is 7.05 Å². The minimum absolute atomic E-state index is 0.485. The molecule has 1 rings (SSSR count). The highest BCUT2D eigenvalue weighted by atomic mass is 32.2. The van der Waals surface area contributed by atoms with Gasteiger partial charge in [0.15, 0.2) is 15.6 Å². The van der Waals surface area contributed by atoms with Crippen LogP contribution in [-0.2, 0) is 14.6 Å². The Kier molecular flexibility index (Phi) is 4.71. The number of rotatable bonds is 5. The Morgan fingerprint density at radius 2 is 1.84 bits per heavy atom. The van der Waals surface area contributed by atoms with Crippen molar-refractivity contribution in [2.24, 2.45) is 0 Å². The number of nitrogens with one attached hydrogen (secondary N) is 1. The van der Waals surface area contributed by atoms with E-state index in [4.69, 9.17) is 0 Å². The van der Waals surface area contributed by atoms with Gasteiger partial charge in [-0.15, -0.1) is 0 Å². The molecule has 0 aliphatic carbocycles. The second-order valence-electron chi connectivity index (χ2n) is 3.75. The number of ketones is 1. The summed E-state index contributed by atoms with van der Waals surface area (Å²) in [5.74, 6) is -5.68. The number of sulfone groups is 1. The predicted molar refractivity (Wildman–Crippen MR) is 63.4 cm³/mol. The third kappa shape index (κ3) is 4.40. The molecule has 0 radical (unpaired) electrons. The van der Waals surface area contributed by atoms with Crippen LogP contribution in [0.5, 0.6) is 0 Å². The van der Waals surface area contributed by atoms with E-state index >= 15 is 0 Å². The van der Waals surface area contributed by atoms with Crippen molar-refractivity contribution in [2.75, 3.05) is 18.6 Å². The normalized spacial score (nSPS) is 11.1. The molecule has 0 aromatic heterocycles. The first-order valence-corrected chi connectivity index (χ1v) is 6.96. The lowest BCUT2D eigenvalue weighted by Crippen LogP contribution is -2.30. The Labute approximate surface area is 108 Å². The Morgan fingerprint density at radius 1 is 1.21 bits per heavy atom. The van der Waals surface area contributed by atoms with Crippen molar-refractivity contribution in [3.05, 3.63) is 35.4 Å². The van der Waals surface area contributed by atoms with Crippen LogP contribution in [-0.4, -0.2) is 38.7 Å². The molecule has 0 spiro atoms. The molecule has 1 N–H and O–H groups in total. The number of Topliss-reactive ketones (excluding diaryl/α,β-unsaturated/α-hetero) is 1. The summed E-state index contributed by atoms with van der Waals surface area (Å²) in [5, 5.41) is 2.10. The van der Waals surface area contributed by atoms with Gasteiger partial charge >= 0.3 is 0 Å². The minimum atomic E-state index is -3.99. The SMILES string of the molecule is CNC(=O)CS(=O)(=O)CC(=O)c1ccc(F)cc1F. The third-order valence-electron chi connectivity index (χ3n) is 2.21. The highest BCUT2D eigenvalue weighted by Crippen LogP contribution is 2.11. The molecule has 8 heteroatoms. The second-order valence-corrected chi connectivity index (χ2v) is 5.82. The van der Waals surface area contributed by atoms with E-state index in [1.54, 1.807) is 0 Å². The average molecular weight is 291 g/mol. The van der Waals surface area contributed by atoms with Crippen molar-refractivity contribution in [2.45, 2.75) is 0 Å². The molecule has 0 bridgehead atoms. The molecule has 0 atom stereocenters. The minimum Gasteiger partial charge on any atom is -0.358 e. The fraction of sp³-hybridized carbons (Fsp3) is 0.273. The zero-order valence-corrected chi connectivity index (χ0v) is 10.8. The molecule has 0 aliphatic heterocycles.